The minimum Gasteiger partial charge on any atom is -0.493 e. The van der Waals surface area contributed by atoms with Gasteiger partial charge in [0.15, 0.2) is 11.5 Å². The molecule has 1 aliphatic carbocycles. The van der Waals surface area contributed by atoms with E-state index in [9.17, 15) is 0 Å². The second-order valence-electron chi connectivity index (χ2n) is 4.56. The van der Waals surface area contributed by atoms with E-state index < -0.39 is 0 Å². The van der Waals surface area contributed by atoms with Crippen molar-refractivity contribution in [1.29, 1.82) is 0 Å². The van der Waals surface area contributed by atoms with Crippen molar-refractivity contribution in [2.45, 2.75) is 31.7 Å². The molecule has 1 aromatic carbocycles. The molecule has 1 fully saturated rings. The van der Waals surface area contributed by atoms with Crippen molar-refractivity contribution < 1.29 is 9.47 Å². The maximum atomic E-state index is 6.36. The van der Waals surface area contributed by atoms with Gasteiger partial charge in [-0.15, -0.1) is 0 Å². The number of methoxy groups -OCH3 is 2. The van der Waals surface area contributed by atoms with Crippen LogP contribution in [0.15, 0.2) is 12.1 Å². The lowest BCUT2D eigenvalue weighted by atomic mass is 9.72. The largest absolute Gasteiger partial charge is 0.493 e. The van der Waals surface area contributed by atoms with Crippen LogP contribution in [0.1, 0.15) is 30.4 Å². The third kappa shape index (κ3) is 1.65. The molecule has 0 atom stereocenters. The van der Waals surface area contributed by atoms with Gasteiger partial charge in [0, 0.05) is 11.1 Å². The Bertz CT molecular complexity index is 397. The molecule has 0 unspecified atom stereocenters. The Morgan fingerprint density at radius 2 is 1.88 bits per heavy atom. The van der Waals surface area contributed by atoms with Crippen molar-refractivity contribution in [2.75, 3.05) is 14.2 Å². The van der Waals surface area contributed by atoms with Gasteiger partial charge in [0.2, 0.25) is 0 Å². The van der Waals surface area contributed by atoms with E-state index in [1.165, 1.54) is 6.42 Å². The molecule has 0 aliphatic heterocycles. The molecular formula is C13H19NO2. The molecule has 0 saturated heterocycles. The number of benzene rings is 1. The van der Waals surface area contributed by atoms with Gasteiger partial charge >= 0.3 is 0 Å². The molecule has 2 N–H and O–H groups in total. The molecule has 0 amide bonds. The fourth-order valence-electron chi connectivity index (χ4n) is 2.30. The Morgan fingerprint density at radius 1 is 1.19 bits per heavy atom. The molecule has 1 saturated carbocycles. The lowest BCUT2D eigenvalue weighted by molar-refractivity contribution is 0.240. The van der Waals surface area contributed by atoms with Crippen LogP contribution < -0.4 is 15.2 Å². The molecule has 0 bridgehead atoms. The summed E-state index contributed by atoms with van der Waals surface area (Å²) in [4.78, 5) is 0. The van der Waals surface area contributed by atoms with Gasteiger partial charge in [-0.2, -0.15) is 0 Å². The van der Waals surface area contributed by atoms with E-state index >= 15 is 0 Å². The van der Waals surface area contributed by atoms with E-state index in [0.717, 1.165) is 35.5 Å². The van der Waals surface area contributed by atoms with E-state index in [0.29, 0.717) is 0 Å². The molecule has 0 heterocycles. The maximum absolute atomic E-state index is 6.36. The van der Waals surface area contributed by atoms with E-state index in [1.807, 2.05) is 13.0 Å². The molecule has 0 spiro atoms. The highest BCUT2D eigenvalue weighted by Crippen LogP contribution is 2.46. The summed E-state index contributed by atoms with van der Waals surface area (Å²) in [7, 11) is 3.32. The Hall–Kier alpha value is -1.22. The van der Waals surface area contributed by atoms with Gasteiger partial charge in [0.25, 0.3) is 0 Å². The average Bonchev–Trinajstić information content (AvgIpc) is 2.24. The summed E-state index contributed by atoms with van der Waals surface area (Å²) in [6.07, 6.45) is 3.24. The van der Waals surface area contributed by atoms with Gasteiger partial charge in [-0.25, -0.2) is 0 Å². The lowest BCUT2D eigenvalue weighted by Crippen LogP contribution is -2.43. The van der Waals surface area contributed by atoms with Crippen LogP contribution in [0.4, 0.5) is 0 Å². The molecular weight excluding hydrogens is 202 g/mol. The first kappa shape index (κ1) is 11.3. The molecule has 1 aliphatic rings. The average molecular weight is 221 g/mol. The monoisotopic (exact) mass is 221 g/mol. The first-order valence-corrected chi connectivity index (χ1v) is 5.63. The van der Waals surface area contributed by atoms with Gasteiger partial charge in [0.05, 0.1) is 14.2 Å². The van der Waals surface area contributed by atoms with Crippen LogP contribution >= 0.6 is 0 Å². The molecule has 88 valence electrons. The Kier molecular flexibility index (Phi) is 2.80. The Balaban J connectivity index is 2.53. The third-order valence-corrected chi connectivity index (χ3v) is 3.41. The summed E-state index contributed by atoms with van der Waals surface area (Å²) in [5.74, 6) is 1.56. The predicted octanol–water partition coefficient (Wildman–Crippen LogP) is 2.35. The quantitative estimate of drug-likeness (QED) is 0.852. The van der Waals surface area contributed by atoms with Crippen LogP contribution in [0.3, 0.4) is 0 Å². The summed E-state index contributed by atoms with van der Waals surface area (Å²) < 4.78 is 10.8. The predicted molar refractivity (Wildman–Crippen MR) is 64.0 cm³/mol. The normalized spacial score (nSPS) is 17.8. The SMILES string of the molecule is COc1cc(C)cc(C2(N)CCC2)c1OC. The lowest BCUT2D eigenvalue weighted by Gasteiger charge is -2.39. The maximum Gasteiger partial charge on any atom is 0.165 e. The molecule has 0 radical (unpaired) electrons. The van der Waals surface area contributed by atoms with Gasteiger partial charge in [-0.3, -0.25) is 0 Å². The van der Waals surface area contributed by atoms with Crippen LogP contribution in [0.25, 0.3) is 0 Å². The van der Waals surface area contributed by atoms with Gasteiger partial charge in [0.1, 0.15) is 0 Å². The molecule has 16 heavy (non-hydrogen) atoms. The highest BCUT2D eigenvalue weighted by atomic mass is 16.5. The minimum absolute atomic E-state index is 0.218. The van der Waals surface area contributed by atoms with Gasteiger partial charge in [-0.1, -0.05) is 6.07 Å². The topological polar surface area (TPSA) is 44.5 Å². The van der Waals surface area contributed by atoms with Crippen LogP contribution in [0, 0.1) is 6.92 Å². The van der Waals surface area contributed by atoms with Crippen molar-refractivity contribution in [1.82, 2.24) is 0 Å². The first-order valence-electron chi connectivity index (χ1n) is 5.63. The van der Waals surface area contributed by atoms with Crippen molar-refractivity contribution in [3.63, 3.8) is 0 Å². The third-order valence-electron chi connectivity index (χ3n) is 3.41. The zero-order valence-corrected chi connectivity index (χ0v) is 10.2. The van der Waals surface area contributed by atoms with E-state index in [-0.39, 0.29) is 5.54 Å². The molecule has 1 aromatic rings. The van der Waals surface area contributed by atoms with Crippen LogP contribution in [-0.2, 0) is 5.54 Å². The zero-order valence-electron chi connectivity index (χ0n) is 10.2. The van der Waals surface area contributed by atoms with Crippen LogP contribution in [-0.4, -0.2) is 14.2 Å². The highest BCUT2D eigenvalue weighted by molar-refractivity contribution is 5.52. The zero-order chi connectivity index (χ0) is 11.8. The van der Waals surface area contributed by atoms with Crippen molar-refractivity contribution in [2.24, 2.45) is 5.73 Å². The summed E-state index contributed by atoms with van der Waals surface area (Å²) in [5.41, 5.74) is 8.38. The highest BCUT2D eigenvalue weighted by Gasteiger charge is 2.37. The number of aryl methyl sites for hydroxylation is 1. The fourth-order valence-corrected chi connectivity index (χ4v) is 2.30. The summed E-state index contributed by atoms with van der Waals surface area (Å²) in [6.45, 7) is 2.05. The minimum atomic E-state index is -0.218. The van der Waals surface area contributed by atoms with E-state index in [2.05, 4.69) is 6.07 Å². The molecule has 2 rings (SSSR count). The summed E-state index contributed by atoms with van der Waals surface area (Å²) >= 11 is 0. The number of rotatable bonds is 3. The molecule has 0 aromatic heterocycles. The van der Waals surface area contributed by atoms with Crippen molar-refractivity contribution >= 4 is 0 Å². The van der Waals surface area contributed by atoms with Crippen molar-refractivity contribution in [3.8, 4) is 11.5 Å². The number of ether oxygens (including phenoxy) is 2. The second-order valence-corrected chi connectivity index (χ2v) is 4.56. The fraction of sp³-hybridized carbons (Fsp3) is 0.538. The number of hydrogen-bond acceptors (Lipinski definition) is 3. The van der Waals surface area contributed by atoms with Gasteiger partial charge in [-0.05, 0) is 37.8 Å². The van der Waals surface area contributed by atoms with E-state index in [4.69, 9.17) is 15.2 Å². The summed E-state index contributed by atoms with van der Waals surface area (Å²) in [6, 6.07) is 4.09. The van der Waals surface area contributed by atoms with Crippen molar-refractivity contribution in [3.05, 3.63) is 23.3 Å². The van der Waals surface area contributed by atoms with E-state index in [1.54, 1.807) is 14.2 Å². The first-order chi connectivity index (χ1) is 7.60. The van der Waals surface area contributed by atoms with Crippen LogP contribution in [0.5, 0.6) is 11.5 Å². The smallest absolute Gasteiger partial charge is 0.165 e. The van der Waals surface area contributed by atoms with Crippen LogP contribution in [0.2, 0.25) is 0 Å². The van der Waals surface area contributed by atoms with Gasteiger partial charge < -0.3 is 15.2 Å². The number of hydrogen-bond donors (Lipinski definition) is 1. The summed E-state index contributed by atoms with van der Waals surface area (Å²) in [5, 5.41) is 0. The second kappa shape index (κ2) is 3.98. The standard InChI is InChI=1S/C13H19NO2/c1-9-7-10(13(14)5-4-6-13)12(16-3)11(8-9)15-2/h7-8H,4-6,14H2,1-3H3. The number of nitrogens with two attached hydrogens (primary N) is 1. The molecule has 3 nitrogen and oxygen atoms in total. The Labute approximate surface area is 96.5 Å². The Morgan fingerprint density at radius 3 is 2.31 bits per heavy atom. The molecule has 3 heteroatoms.